The van der Waals surface area contributed by atoms with Crippen LogP contribution in [-0.4, -0.2) is 0 Å². The number of hydrogen-bond acceptors (Lipinski definition) is 2. The fraction of sp³-hybridized carbons (Fsp3) is 0.0526. The number of para-hydroxylation sites is 3. The molecule has 11 rings (SSSR count). The lowest BCUT2D eigenvalue weighted by Crippen LogP contribution is -2.14. The Hall–Kier alpha value is -7.42. The Morgan fingerprint density at radius 1 is 0.356 bits per heavy atom. The summed E-state index contributed by atoms with van der Waals surface area (Å²) in [4.78, 5) is 2.47. The number of benzene rings is 9. The average Bonchev–Trinajstić information content (AvgIpc) is 3.80. The molecule has 10 aromatic rings. The zero-order valence-corrected chi connectivity index (χ0v) is 33.1. The van der Waals surface area contributed by atoms with E-state index in [-0.39, 0.29) is 5.41 Å². The van der Waals surface area contributed by atoms with Gasteiger partial charge in [-0.1, -0.05) is 190 Å². The maximum Gasteiger partial charge on any atom is 0.145 e. The van der Waals surface area contributed by atoms with E-state index in [1.165, 1.54) is 38.9 Å². The molecule has 0 aliphatic heterocycles. The average molecular weight is 756 g/mol. The van der Waals surface area contributed by atoms with Gasteiger partial charge in [0.1, 0.15) is 11.2 Å². The lowest BCUT2D eigenvalue weighted by molar-refractivity contribution is 0.660. The fourth-order valence-corrected chi connectivity index (χ4v) is 9.42. The van der Waals surface area contributed by atoms with Crippen LogP contribution in [-0.2, 0) is 5.41 Å². The molecule has 0 bridgehead atoms. The van der Waals surface area contributed by atoms with Crippen molar-refractivity contribution >= 4 is 39.0 Å². The highest BCUT2D eigenvalue weighted by atomic mass is 16.3. The third-order valence-electron chi connectivity index (χ3n) is 12.3. The number of furan rings is 1. The topological polar surface area (TPSA) is 16.4 Å². The van der Waals surface area contributed by atoms with Crippen molar-refractivity contribution in [1.29, 1.82) is 0 Å². The summed E-state index contributed by atoms with van der Waals surface area (Å²) in [7, 11) is 0. The first kappa shape index (κ1) is 34.8. The van der Waals surface area contributed by atoms with Crippen LogP contribution in [0, 0.1) is 0 Å². The van der Waals surface area contributed by atoms with E-state index >= 15 is 0 Å². The van der Waals surface area contributed by atoms with Gasteiger partial charge in [-0.05, 0) is 86.5 Å². The van der Waals surface area contributed by atoms with Crippen LogP contribution < -0.4 is 4.90 Å². The summed E-state index contributed by atoms with van der Waals surface area (Å²) < 4.78 is 6.86. The van der Waals surface area contributed by atoms with Crippen LogP contribution in [0.4, 0.5) is 17.1 Å². The number of nitrogens with zero attached hydrogens (tertiary/aromatic N) is 1. The van der Waals surface area contributed by atoms with Gasteiger partial charge < -0.3 is 9.32 Å². The summed E-state index contributed by atoms with van der Waals surface area (Å²) in [6.07, 6.45) is 0. The summed E-state index contributed by atoms with van der Waals surface area (Å²) in [6, 6.07) is 76.8. The van der Waals surface area contributed by atoms with E-state index in [0.717, 1.165) is 66.8 Å². The van der Waals surface area contributed by atoms with Gasteiger partial charge in [0.2, 0.25) is 0 Å². The van der Waals surface area contributed by atoms with Gasteiger partial charge in [-0.15, -0.1) is 0 Å². The molecule has 0 atom stereocenters. The molecule has 0 spiro atoms. The lowest BCUT2D eigenvalue weighted by atomic mass is 9.82. The van der Waals surface area contributed by atoms with Crippen molar-refractivity contribution in [2.24, 2.45) is 0 Å². The van der Waals surface area contributed by atoms with Gasteiger partial charge in [-0.3, -0.25) is 0 Å². The van der Waals surface area contributed by atoms with Crippen LogP contribution in [0.5, 0.6) is 0 Å². The van der Waals surface area contributed by atoms with E-state index in [2.05, 4.69) is 231 Å². The molecule has 2 heteroatoms. The summed E-state index contributed by atoms with van der Waals surface area (Å²) >= 11 is 0. The minimum Gasteiger partial charge on any atom is -0.455 e. The largest absolute Gasteiger partial charge is 0.455 e. The van der Waals surface area contributed by atoms with Gasteiger partial charge in [0, 0.05) is 27.5 Å². The standard InChI is InChI=1S/C57H41NO/c1-57(2)49-25-13-9-23-46(49)48-37-42(33-35-50(48)57)44-22-11-15-27-52(44)58(51-26-14-10-21-43(51)41-31-29-39(30-32-41)38-17-5-3-6-18-38)53-36-34-45(40-19-7-4-8-20-40)56-55(53)47-24-12-16-28-54(47)59-56/h3-37H,1-2H3. The van der Waals surface area contributed by atoms with Crippen LogP contribution in [0.15, 0.2) is 217 Å². The van der Waals surface area contributed by atoms with Crippen molar-refractivity contribution in [3.63, 3.8) is 0 Å². The second-order valence-electron chi connectivity index (χ2n) is 16.0. The van der Waals surface area contributed by atoms with Crippen molar-refractivity contribution < 1.29 is 4.42 Å². The first-order valence-electron chi connectivity index (χ1n) is 20.4. The van der Waals surface area contributed by atoms with Crippen molar-refractivity contribution in [3.8, 4) is 55.6 Å². The molecule has 0 unspecified atom stereocenters. The van der Waals surface area contributed by atoms with Crippen LogP contribution in [0.25, 0.3) is 77.6 Å². The number of anilines is 3. The van der Waals surface area contributed by atoms with E-state index in [4.69, 9.17) is 4.42 Å². The minimum absolute atomic E-state index is 0.0700. The molecule has 0 saturated carbocycles. The predicted octanol–water partition coefficient (Wildman–Crippen LogP) is 16.0. The van der Waals surface area contributed by atoms with Crippen molar-refractivity contribution in [1.82, 2.24) is 0 Å². The SMILES string of the molecule is CC1(C)c2ccccc2-c2cc(-c3ccccc3N(c3ccccc3-c3ccc(-c4ccccc4)cc3)c3ccc(-c4ccccc4)c4oc5ccccc5c34)ccc21. The minimum atomic E-state index is -0.0700. The normalized spacial score (nSPS) is 12.7. The van der Waals surface area contributed by atoms with E-state index in [9.17, 15) is 0 Å². The van der Waals surface area contributed by atoms with Crippen molar-refractivity contribution in [2.75, 3.05) is 4.90 Å². The Labute approximate surface area is 345 Å². The van der Waals surface area contributed by atoms with Crippen LogP contribution in [0.3, 0.4) is 0 Å². The van der Waals surface area contributed by atoms with Gasteiger partial charge in [0.05, 0.1) is 22.4 Å². The first-order chi connectivity index (χ1) is 29.0. The molecule has 280 valence electrons. The third kappa shape index (κ3) is 5.71. The molecule has 0 amide bonds. The smallest absolute Gasteiger partial charge is 0.145 e. The lowest BCUT2D eigenvalue weighted by Gasteiger charge is -2.31. The van der Waals surface area contributed by atoms with Crippen LogP contribution in [0.2, 0.25) is 0 Å². The highest BCUT2D eigenvalue weighted by molar-refractivity contribution is 6.18. The molecule has 1 heterocycles. The molecule has 0 fully saturated rings. The molecule has 0 radical (unpaired) electrons. The quantitative estimate of drug-likeness (QED) is 0.161. The first-order valence-corrected chi connectivity index (χ1v) is 20.4. The molecule has 0 N–H and O–H groups in total. The monoisotopic (exact) mass is 755 g/mol. The molecule has 1 aliphatic carbocycles. The Morgan fingerprint density at radius 3 is 1.59 bits per heavy atom. The maximum atomic E-state index is 6.86. The van der Waals surface area contributed by atoms with E-state index in [0.29, 0.717) is 0 Å². The van der Waals surface area contributed by atoms with E-state index in [1.807, 2.05) is 0 Å². The molecule has 1 aromatic heterocycles. The molecule has 2 nitrogen and oxygen atoms in total. The van der Waals surface area contributed by atoms with Crippen LogP contribution in [0.1, 0.15) is 25.0 Å². The van der Waals surface area contributed by atoms with Crippen molar-refractivity contribution in [2.45, 2.75) is 19.3 Å². The second-order valence-corrected chi connectivity index (χ2v) is 16.0. The predicted molar refractivity (Wildman–Crippen MR) is 248 cm³/mol. The highest BCUT2D eigenvalue weighted by Gasteiger charge is 2.35. The Morgan fingerprint density at radius 2 is 0.864 bits per heavy atom. The fourth-order valence-electron chi connectivity index (χ4n) is 9.42. The number of hydrogen-bond donors (Lipinski definition) is 0. The van der Waals surface area contributed by atoms with Crippen LogP contribution >= 0.6 is 0 Å². The molecule has 1 aliphatic rings. The van der Waals surface area contributed by atoms with E-state index < -0.39 is 0 Å². The Bertz CT molecular complexity index is 3170. The van der Waals surface area contributed by atoms with Gasteiger partial charge in [-0.2, -0.15) is 0 Å². The molecule has 0 saturated heterocycles. The summed E-state index contributed by atoms with van der Waals surface area (Å²) in [5.74, 6) is 0. The van der Waals surface area contributed by atoms with Gasteiger partial charge in [0.15, 0.2) is 0 Å². The number of rotatable bonds is 7. The zero-order chi connectivity index (χ0) is 39.5. The Balaban J connectivity index is 1.17. The third-order valence-corrected chi connectivity index (χ3v) is 12.3. The maximum absolute atomic E-state index is 6.86. The summed E-state index contributed by atoms with van der Waals surface area (Å²) in [6.45, 7) is 4.69. The van der Waals surface area contributed by atoms with E-state index in [1.54, 1.807) is 0 Å². The molecule has 9 aromatic carbocycles. The van der Waals surface area contributed by atoms with Gasteiger partial charge >= 0.3 is 0 Å². The highest BCUT2D eigenvalue weighted by Crippen LogP contribution is 2.53. The molecular formula is C57H41NO. The number of fused-ring (bicyclic) bond motifs is 6. The molecule has 59 heavy (non-hydrogen) atoms. The summed E-state index contributed by atoms with van der Waals surface area (Å²) in [5, 5.41) is 2.16. The van der Waals surface area contributed by atoms with Crippen molar-refractivity contribution in [3.05, 3.63) is 223 Å². The van der Waals surface area contributed by atoms with Gasteiger partial charge in [-0.25, -0.2) is 0 Å². The second kappa shape index (κ2) is 13.9. The Kier molecular flexibility index (Phi) is 8.20. The molecular weight excluding hydrogens is 715 g/mol. The zero-order valence-electron chi connectivity index (χ0n) is 33.1. The van der Waals surface area contributed by atoms with Gasteiger partial charge in [0.25, 0.3) is 0 Å². The summed E-state index contributed by atoms with van der Waals surface area (Å²) in [5.41, 5.74) is 19.5.